The van der Waals surface area contributed by atoms with Gasteiger partial charge in [-0.05, 0) is 23.6 Å². The molecule has 3 aromatic heterocycles. The first kappa shape index (κ1) is 29.7. The highest BCUT2D eigenvalue weighted by atomic mass is 16.4. The first-order valence-corrected chi connectivity index (χ1v) is 12.3. The topological polar surface area (TPSA) is 195 Å². The van der Waals surface area contributed by atoms with Crippen molar-refractivity contribution in [3.63, 3.8) is 0 Å². The minimum Gasteiger partial charge on any atom is -0.478 e. The molecule has 0 bridgehead atoms. The van der Waals surface area contributed by atoms with Crippen LogP contribution in [0, 0.1) is 0 Å². The number of hydrogen-bond donors (Lipinski definition) is 6. The van der Waals surface area contributed by atoms with Crippen molar-refractivity contribution in [2.45, 2.75) is 32.4 Å². The minimum absolute atomic E-state index is 0.229. The van der Waals surface area contributed by atoms with Crippen LogP contribution in [-0.2, 0) is 16.1 Å². The van der Waals surface area contributed by atoms with Crippen LogP contribution >= 0.6 is 0 Å². The molecule has 3 heterocycles. The summed E-state index contributed by atoms with van der Waals surface area (Å²) in [6.07, 6.45) is 4.69. The number of aliphatic hydroxyl groups is 2. The molecule has 0 aliphatic heterocycles. The van der Waals surface area contributed by atoms with Gasteiger partial charge in [-0.3, -0.25) is 4.98 Å². The summed E-state index contributed by atoms with van der Waals surface area (Å²) in [5.74, 6) is -1.44. The van der Waals surface area contributed by atoms with Gasteiger partial charge in [-0.25, -0.2) is 9.59 Å². The van der Waals surface area contributed by atoms with Crippen molar-refractivity contribution in [2.75, 3.05) is 23.8 Å². The van der Waals surface area contributed by atoms with Crippen LogP contribution in [0.5, 0.6) is 0 Å². The van der Waals surface area contributed by atoms with E-state index in [9.17, 15) is 19.8 Å². The fourth-order valence-corrected chi connectivity index (χ4v) is 3.46. The summed E-state index contributed by atoms with van der Waals surface area (Å²) in [5, 5.41) is 45.2. The lowest BCUT2D eigenvalue weighted by atomic mass is 10.1. The highest BCUT2D eigenvalue weighted by Gasteiger charge is 2.17. The predicted molar refractivity (Wildman–Crippen MR) is 148 cm³/mol. The molecular weight excluding hydrogens is 518 g/mol. The van der Waals surface area contributed by atoms with Crippen molar-refractivity contribution in [1.29, 1.82) is 0 Å². The molecule has 0 unspecified atom stereocenters. The van der Waals surface area contributed by atoms with Crippen LogP contribution in [0.3, 0.4) is 0 Å². The Morgan fingerprint density at radius 1 is 0.975 bits per heavy atom. The van der Waals surface area contributed by atoms with E-state index >= 15 is 0 Å². The number of nitrogens with one attached hydrogen (secondary N) is 2. The van der Waals surface area contributed by atoms with E-state index in [1.807, 2.05) is 42.5 Å². The molecule has 6 N–H and O–H groups in total. The van der Waals surface area contributed by atoms with Crippen LogP contribution in [0.1, 0.15) is 30.9 Å². The molecule has 0 atom stereocenters. The smallest absolute Gasteiger partial charge is 0.328 e. The van der Waals surface area contributed by atoms with E-state index in [0.29, 0.717) is 36.2 Å². The summed E-state index contributed by atoms with van der Waals surface area (Å²) in [4.78, 5) is 32.6. The number of aromatic nitrogens is 5. The zero-order valence-electron chi connectivity index (χ0n) is 22.0. The van der Waals surface area contributed by atoms with Gasteiger partial charge in [0.15, 0.2) is 5.65 Å². The maximum atomic E-state index is 9.55. The van der Waals surface area contributed by atoms with Crippen LogP contribution < -0.4 is 10.6 Å². The largest absolute Gasteiger partial charge is 0.478 e. The van der Waals surface area contributed by atoms with Crippen LogP contribution in [0.15, 0.2) is 67.0 Å². The molecule has 0 fully saturated rings. The number of carboxylic acids is 2. The Morgan fingerprint density at radius 3 is 2.20 bits per heavy atom. The molecule has 13 nitrogen and oxygen atoms in total. The first-order chi connectivity index (χ1) is 19.2. The number of nitrogens with zero attached hydrogens (tertiary/aromatic N) is 5. The van der Waals surface area contributed by atoms with Gasteiger partial charge in [0, 0.05) is 36.0 Å². The maximum absolute atomic E-state index is 9.55. The number of rotatable bonds is 11. The standard InChI is InChI=1S/C23H27N7O2.C4H4O4/c1-15(2)19-12-26-30-21(19)28-22(27-18(13-31)14-32)29-23(30)25-11-16-6-8-17(9-7-16)20-5-3-4-10-24-20;5-3(6)1-2-4(7)8/h3-10,12,15,18,31-32H,11,13-14H2,1-2H3,(H2,25,27,28,29);1-2H,(H,5,6)(H,7,8). The van der Waals surface area contributed by atoms with Gasteiger partial charge < -0.3 is 31.1 Å². The fourth-order valence-electron chi connectivity index (χ4n) is 3.46. The van der Waals surface area contributed by atoms with Gasteiger partial charge in [0.25, 0.3) is 0 Å². The Morgan fingerprint density at radius 2 is 1.65 bits per heavy atom. The van der Waals surface area contributed by atoms with E-state index in [2.05, 4.69) is 44.5 Å². The Labute approximate surface area is 229 Å². The summed E-state index contributed by atoms with van der Waals surface area (Å²) in [6.45, 7) is 4.23. The Balaban J connectivity index is 0.000000482. The molecule has 0 aliphatic carbocycles. The van der Waals surface area contributed by atoms with E-state index < -0.39 is 18.0 Å². The molecule has 1 aromatic carbocycles. The monoisotopic (exact) mass is 549 g/mol. The predicted octanol–water partition coefficient (Wildman–Crippen LogP) is 2.40. The molecule has 4 rings (SSSR count). The second-order valence-corrected chi connectivity index (χ2v) is 8.84. The van der Waals surface area contributed by atoms with Crippen molar-refractivity contribution < 1.29 is 30.0 Å². The number of benzene rings is 1. The zero-order valence-corrected chi connectivity index (χ0v) is 22.0. The summed E-state index contributed by atoms with van der Waals surface area (Å²) in [6, 6.07) is 13.5. The highest BCUT2D eigenvalue weighted by Crippen LogP contribution is 2.23. The van der Waals surface area contributed by atoms with Crippen molar-refractivity contribution in [2.24, 2.45) is 0 Å². The quantitative estimate of drug-likeness (QED) is 0.150. The summed E-state index contributed by atoms with van der Waals surface area (Å²) < 4.78 is 1.68. The molecule has 0 radical (unpaired) electrons. The lowest BCUT2D eigenvalue weighted by Gasteiger charge is -2.15. The van der Waals surface area contributed by atoms with Gasteiger partial charge in [0.05, 0.1) is 31.1 Å². The van der Waals surface area contributed by atoms with Crippen molar-refractivity contribution >= 4 is 29.5 Å². The molecule has 13 heteroatoms. The Kier molecular flexibility index (Phi) is 10.6. The average molecular weight is 550 g/mol. The number of carbonyl (C=O) groups is 2. The third-order valence-corrected chi connectivity index (χ3v) is 5.53. The van der Waals surface area contributed by atoms with Gasteiger partial charge in [-0.1, -0.05) is 44.2 Å². The lowest BCUT2D eigenvalue weighted by molar-refractivity contribution is -0.134. The Hall–Kier alpha value is -4.88. The molecule has 0 amide bonds. The first-order valence-electron chi connectivity index (χ1n) is 12.3. The molecule has 0 saturated carbocycles. The lowest BCUT2D eigenvalue weighted by Crippen LogP contribution is -2.29. The van der Waals surface area contributed by atoms with Gasteiger partial charge in [-0.2, -0.15) is 19.6 Å². The van der Waals surface area contributed by atoms with E-state index in [0.717, 1.165) is 22.4 Å². The van der Waals surface area contributed by atoms with Crippen molar-refractivity contribution in [3.05, 3.63) is 78.1 Å². The summed E-state index contributed by atoms with van der Waals surface area (Å²) >= 11 is 0. The third kappa shape index (κ3) is 8.31. The van der Waals surface area contributed by atoms with Crippen LogP contribution in [0.4, 0.5) is 11.9 Å². The van der Waals surface area contributed by atoms with Crippen molar-refractivity contribution in [3.8, 4) is 11.3 Å². The zero-order chi connectivity index (χ0) is 29.1. The highest BCUT2D eigenvalue weighted by molar-refractivity contribution is 5.89. The van der Waals surface area contributed by atoms with Gasteiger partial charge in [-0.15, -0.1) is 0 Å². The number of hydrogen-bond acceptors (Lipinski definition) is 10. The number of aliphatic hydroxyl groups excluding tert-OH is 2. The van der Waals surface area contributed by atoms with E-state index in [1.54, 1.807) is 16.9 Å². The molecule has 0 spiro atoms. The molecule has 0 saturated heterocycles. The number of aliphatic carboxylic acids is 2. The average Bonchev–Trinajstić information content (AvgIpc) is 3.39. The van der Waals surface area contributed by atoms with Gasteiger partial charge in [0.2, 0.25) is 11.9 Å². The van der Waals surface area contributed by atoms with Gasteiger partial charge in [0.1, 0.15) is 0 Å². The van der Waals surface area contributed by atoms with E-state index in [4.69, 9.17) is 10.2 Å². The molecule has 0 aliphatic rings. The molecular formula is C27H31N7O6. The third-order valence-electron chi connectivity index (χ3n) is 5.53. The van der Waals surface area contributed by atoms with E-state index in [1.165, 1.54) is 0 Å². The SMILES string of the molecule is CC(C)c1cnn2c(NCc3ccc(-c4ccccn4)cc3)nc(NC(CO)CO)nc12.O=C(O)C=CC(=O)O. The maximum Gasteiger partial charge on any atom is 0.328 e. The second kappa shape index (κ2) is 14.3. The normalized spacial score (nSPS) is 11.1. The fraction of sp³-hybridized carbons (Fsp3) is 0.259. The molecule has 40 heavy (non-hydrogen) atoms. The number of pyridine rings is 1. The Bertz CT molecular complexity index is 1420. The van der Waals surface area contributed by atoms with E-state index in [-0.39, 0.29) is 19.1 Å². The molecule has 4 aromatic rings. The van der Waals surface area contributed by atoms with Crippen LogP contribution in [-0.4, -0.2) is 76.2 Å². The minimum atomic E-state index is -1.26. The number of fused-ring (bicyclic) bond motifs is 1. The second-order valence-electron chi connectivity index (χ2n) is 8.84. The van der Waals surface area contributed by atoms with Crippen LogP contribution in [0.2, 0.25) is 0 Å². The molecule has 210 valence electrons. The summed E-state index contributed by atoms with van der Waals surface area (Å²) in [5.41, 5.74) is 4.73. The van der Waals surface area contributed by atoms with Gasteiger partial charge >= 0.3 is 11.9 Å². The summed E-state index contributed by atoms with van der Waals surface area (Å²) in [7, 11) is 0. The van der Waals surface area contributed by atoms with Crippen molar-refractivity contribution in [1.82, 2.24) is 24.6 Å². The van der Waals surface area contributed by atoms with Crippen LogP contribution in [0.25, 0.3) is 16.9 Å². The number of anilines is 2. The number of carboxylic acid groups (broad SMARTS) is 2.